The van der Waals surface area contributed by atoms with Crippen molar-refractivity contribution in [3.8, 4) is 11.5 Å². The van der Waals surface area contributed by atoms with E-state index in [1.165, 1.54) is 32.6 Å². The number of amides is 1. The van der Waals surface area contributed by atoms with Crippen molar-refractivity contribution in [2.45, 2.75) is 4.90 Å². The highest BCUT2D eigenvalue weighted by Crippen LogP contribution is 2.26. The number of rotatable bonds is 8. The van der Waals surface area contributed by atoms with Gasteiger partial charge in [0.05, 0.1) is 31.9 Å². The van der Waals surface area contributed by atoms with Crippen LogP contribution >= 0.6 is 0 Å². The number of ether oxygens (including phenoxy) is 2. The molecule has 0 spiro atoms. The molecule has 0 aliphatic heterocycles. The van der Waals surface area contributed by atoms with E-state index in [-0.39, 0.29) is 4.90 Å². The van der Waals surface area contributed by atoms with Gasteiger partial charge in [-0.05, 0) is 35.9 Å². The number of methoxy groups -OCH3 is 2. The van der Waals surface area contributed by atoms with E-state index in [0.29, 0.717) is 17.1 Å². The minimum Gasteiger partial charge on any atom is -0.493 e. The molecule has 0 aliphatic rings. The maximum atomic E-state index is 12.0. The van der Waals surface area contributed by atoms with Gasteiger partial charge in [0.25, 0.3) is 5.91 Å². The lowest BCUT2D eigenvalue weighted by Crippen LogP contribution is -2.34. The van der Waals surface area contributed by atoms with Crippen LogP contribution in [0, 0.1) is 0 Å². The van der Waals surface area contributed by atoms with Gasteiger partial charge < -0.3 is 9.47 Å². The highest BCUT2D eigenvalue weighted by Gasteiger charge is 2.14. The van der Waals surface area contributed by atoms with E-state index in [9.17, 15) is 13.2 Å². The van der Waals surface area contributed by atoms with Crippen molar-refractivity contribution in [2.24, 2.45) is 5.10 Å². The zero-order valence-electron chi connectivity index (χ0n) is 14.3. The van der Waals surface area contributed by atoms with Crippen LogP contribution in [0.4, 0.5) is 0 Å². The summed E-state index contributed by atoms with van der Waals surface area (Å²) in [5, 5.41) is 3.79. The molecule has 0 atom stereocenters. The van der Waals surface area contributed by atoms with Gasteiger partial charge >= 0.3 is 0 Å². The first-order valence-corrected chi connectivity index (χ1v) is 9.03. The monoisotopic (exact) mass is 377 g/mol. The Morgan fingerprint density at radius 2 is 1.77 bits per heavy atom. The summed E-state index contributed by atoms with van der Waals surface area (Å²) in [5.74, 6) is 0.503. The summed E-state index contributed by atoms with van der Waals surface area (Å²) >= 11 is 0. The van der Waals surface area contributed by atoms with Crippen molar-refractivity contribution in [3.63, 3.8) is 0 Å². The van der Waals surface area contributed by atoms with Gasteiger partial charge in [0.2, 0.25) is 10.0 Å². The number of carbonyl (C=O) groups excluding carboxylic acids is 1. The van der Waals surface area contributed by atoms with Crippen LogP contribution in [0.15, 0.2) is 58.5 Å². The van der Waals surface area contributed by atoms with Crippen LogP contribution in [0.1, 0.15) is 5.56 Å². The van der Waals surface area contributed by atoms with Crippen LogP contribution in [0.2, 0.25) is 0 Å². The molecule has 2 aromatic rings. The summed E-state index contributed by atoms with van der Waals surface area (Å²) in [6, 6.07) is 12.9. The van der Waals surface area contributed by atoms with E-state index in [1.54, 1.807) is 36.4 Å². The maximum Gasteiger partial charge on any atom is 0.255 e. The number of sulfonamides is 1. The summed E-state index contributed by atoms with van der Waals surface area (Å²) < 4.78 is 36.5. The Labute approximate surface area is 151 Å². The number of nitrogens with one attached hydrogen (secondary N) is 2. The van der Waals surface area contributed by atoms with Crippen LogP contribution in [0.3, 0.4) is 0 Å². The Morgan fingerprint density at radius 3 is 2.42 bits per heavy atom. The quantitative estimate of drug-likeness (QED) is 0.530. The third-order valence-corrected chi connectivity index (χ3v) is 4.70. The SMILES string of the molecule is COc1ccc(C=NNC(=O)CNS(=O)(=O)c2ccccc2)cc1OC. The van der Waals surface area contributed by atoms with Gasteiger partial charge in [-0.1, -0.05) is 18.2 Å². The summed E-state index contributed by atoms with van der Waals surface area (Å²) in [6.45, 7) is -0.430. The van der Waals surface area contributed by atoms with E-state index >= 15 is 0 Å². The lowest BCUT2D eigenvalue weighted by atomic mass is 10.2. The fourth-order valence-corrected chi connectivity index (χ4v) is 3.00. The average molecular weight is 377 g/mol. The van der Waals surface area contributed by atoms with Crippen molar-refractivity contribution in [1.82, 2.24) is 10.1 Å². The van der Waals surface area contributed by atoms with E-state index < -0.39 is 22.5 Å². The van der Waals surface area contributed by atoms with Crippen molar-refractivity contribution in [3.05, 3.63) is 54.1 Å². The molecule has 8 nitrogen and oxygen atoms in total. The Kier molecular flexibility index (Phi) is 6.70. The smallest absolute Gasteiger partial charge is 0.255 e. The van der Waals surface area contributed by atoms with Gasteiger partial charge in [-0.2, -0.15) is 5.10 Å². The van der Waals surface area contributed by atoms with Gasteiger partial charge in [0.15, 0.2) is 11.5 Å². The second kappa shape index (κ2) is 8.97. The Balaban J connectivity index is 1.90. The Morgan fingerprint density at radius 1 is 1.08 bits per heavy atom. The van der Waals surface area contributed by atoms with Crippen LogP contribution < -0.4 is 19.6 Å². The minimum absolute atomic E-state index is 0.0848. The van der Waals surface area contributed by atoms with Gasteiger partial charge in [-0.15, -0.1) is 0 Å². The lowest BCUT2D eigenvalue weighted by Gasteiger charge is -2.07. The lowest BCUT2D eigenvalue weighted by molar-refractivity contribution is -0.119. The molecule has 2 rings (SSSR count). The van der Waals surface area contributed by atoms with Gasteiger partial charge in [-0.25, -0.2) is 18.6 Å². The molecule has 0 saturated heterocycles. The predicted molar refractivity (Wildman–Crippen MR) is 96.9 cm³/mol. The molecule has 0 unspecified atom stereocenters. The molecule has 138 valence electrons. The summed E-state index contributed by atoms with van der Waals surface area (Å²) in [6.07, 6.45) is 1.41. The molecule has 2 aromatic carbocycles. The normalized spacial score (nSPS) is 11.3. The zero-order valence-corrected chi connectivity index (χ0v) is 15.1. The number of carbonyl (C=O) groups is 1. The largest absolute Gasteiger partial charge is 0.493 e. The molecule has 1 amide bonds. The first kappa shape index (κ1) is 19.4. The summed E-state index contributed by atoms with van der Waals surface area (Å²) in [5.41, 5.74) is 2.93. The van der Waals surface area contributed by atoms with E-state index in [0.717, 1.165) is 0 Å². The average Bonchev–Trinajstić information content (AvgIpc) is 2.67. The third-order valence-electron chi connectivity index (χ3n) is 3.29. The predicted octanol–water partition coefficient (Wildman–Crippen LogP) is 1.13. The zero-order chi connectivity index (χ0) is 19.0. The first-order valence-electron chi connectivity index (χ1n) is 7.55. The van der Waals surface area contributed by atoms with Crippen LogP contribution in [-0.4, -0.2) is 41.3 Å². The molecule has 0 heterocycles. The Hall–Kier alpha value is -2.91. The first-order chi connectivity index (χ1) is 12.5. The number of benzene rings is 2. The number of hydrogen-bond acceptors (Lipinski definition) is 6. The van der Waals surface area contributed by atoms with Crippen LogP contribution in [-0.2, 0) is 14.8 Å². The third kappa shape index (κ3) is 5.30. The standard InChI is InChI=1S/C17H19N3O5S/c1-24-15-9-8-13(10-16(15)25-2)11-18-20-17(21)12-19-26(22,23)14-6-4-3-5-7-14/h3-11,19H,12H2,1-2H3,(H,20,21). The van der Waals surface area contributed by atoms with Crippen molar-refractivity contribution in [1.29, 1.82) is 0 Å². The summed E-state index contributed by atoms with van der Waals surface area (Å²) in [4.78, 5) is 11.8. The number of hydrogen-bond donors (Lipinski definition) is 2. The second-order valence-corrected chi connectivity index (χ2v) is 6.81. The fourth-order valence-electron chi connectivity index (χ4n) is 1.99. The number of hydrazone groups is 1. The molecule has 0 bridgehead atoms. The minimum atomic E-state index is -3.74. The molecular formula is C17H19N3O5S. The number of nitrogens with zero attached hydrogens (tertiary/aromatic N) is 1. The van der Waals surface area contributed by atoms with Crippen molar-refractivity contribution < 1.29 is 22.7 Å². The molecular weight excluding hydrogens is 358 g/mol. The van der Waals surface area contributed by atoms with Gasteiger partial charge in [0, 0.05) is 0 Å². The highest BCUT2D eigenvalue weighted by molar-refractivity contribution is 7.89. The molecule has 0 aliphatic carbocycles. The Bertz CT molecular complexity index is 883. The van der Waals surface area contributed by atoms with Gasteiger partial charge in [-0.3, -0.25) is 4.79 Å². The van der Waals surface area contributed by atoms with Crippen LogP contribution in [0.5, 0.6) is 11.5 Å². The van der Waals surface area contributed by atoms with Crippen molar-refractivity contribution in [2.75, 3.05) is 20.8 Å². The highest BCUT2D eigenvalue weighted by atomic mass is 32.2. The van der Waals surface area contributed by atoms with E-state index in [2.05, 4.69) is 15.2 Å². The second-order valence-electron chi connectivity index (χ2n) is 5.05. The fraction of sp³-hybridized carbons (Fsp3) is 0.176. The van der Waals surface area contributed by atoms with Gasteiger partial charge in [0.1, 0.15) is 0 Å². The summed E-state index contributed by atoms with van der Waals surface area (Å²) in [7, 11) is -0.699. The molecule has 0 aromatic heterocycles. The molecule has 0 saturated carbocycles. The molecule has 26 heavy (non-hydrogen) atoms. The van der Waals surface area contributed by atoms with E-state index in [4.69, 9.17) is 9.47 Å². The molecule has 2 N–H and O–H groups in total. The molecule has 0 radical (unpaired) electrons. The van der Waals surface area contributed by atoms with Crippen molar-refractivity contribution >= 4 is 22.1 Å². The van der Waals surface area contributed by atoms with Crippen LogP contribution in [0.25, 0.3) is 0 Å². The topological polar surface area (TPSA) is 106 Å². The van der Waals surface area contributed by atoms with E-state index in [1.807, 2.05) is 0 Å². The maximum absolute atomic E-state index is 12.0. The molecule has 9 heteroatoms. The molecule has 0 fully saturated rings.